The number of carbonyl (C=O) groups is 3. The summed E-state index contributed by atoms with van der Waals surface area (Å²) in [6.45, 7) is 3.61. The minimum absolute atomic E-state index is 0.00201. The Morgan fingerprint density at radius 3 is 2.35 bits per heavy atom. The molecule has 0 radical (unpaired) electrons. The van der Waals surface area contributed by atoms with E-state index in [9.17, 15) is 22.8 Å². The predicted molar refractivity (Wildman–Crippen MR) is 129 cm³/mol. The summed E-state index contributed by atoms with van der Waals surface area (Å²) in [6, 6.07) is 10.1. The molecule has 3 rings (SSSR count). The van der Waals surface area contributed by atoms with Gasteiger partial charge in [-0.05, 0) is 44.5 Å². The Kier molecular flexibility index (Phi) is 8.22. The molecule has 0 fully saturated rings. The molecule has 34 heavy (non-hydrogen) atoms. The van der Waals surface area contributed by atoms with Gasteiger partial charge in [0.2, 0.25) is 11.8 Å². The van der Waals surface area contributed by atoms with Gasteiger partial charge in [0.05, 0.1) is 5.56 Å². The first-order chi connectivity index (χ1) is 16.1. The van der Waals surface area contributed by atoms with Crippen molar-refractivity contribution in [3.05, 3.63) is 63.6 Å². The minimum Gasteiger partial charge on any atom is -0.355 e. The molecule has 0 saturated heterocycles. The van der Waals surface area contributed by atoms with E-state index in [-0.39, 0.29) is 42.3 Å². The second-order valence-corrected chi connectivity index (χ2v) is 10.4. The summed E-state index contributed by atoms with van der Waals surface area (Å²) in [5.41, 5.74) is 0.622. The maximum absolute atomic E-state index is 13.2. The van der Waals surface area contributed by atoms with E-state index in [0.717, 1.165) is 4.31 Å². The van der Waals surface area contributed by atoms with Gasteiger partial charge >= 0.3 is 0 Å². The lowest BCUT2D eigenvalue weighted by atomic mass is 10.1. The van der Waals surface area contributed by atoms with Crippen molar-refractivity contribution in [3.8, 4) is 0 Å². The molecular formula is C23H25Cl2N3O5S. The summed E-state index contributed by atoms with van der Waals surface area (Å²) < 4.78 is 26.2. The van der Waals surface area contributed by atoms with Crippen LogP contribution in [0.4, 0.5) is 0 Å². The third-order valence-electron chi connectivity index (χ3n) is 5.57. The van der Waals surface area contributed by atoms with Crippen LogP contribution < -0.4 is 5.32 Å². The number of nitrogens with one attached hydrogen (secondary N) is 1. The van der Waals surface area contributed by atoms with Crippen molar-refractivity contribution in [2.75, 3.05) is 13.1 Å². The Balaban J connectivity index is 1.74. The van der Waals surface area contributed by atoms with Gasteiger partial charge in [0.1, 0.15) is 10.9 Å². The fourth-order valence-corrected chi connectivity index (χ4v) is 5.85. The van der Waals surface area contributed by atoms with E-state index in [0.29, 0.717) is 22.2 Å². The molecule has 1 atom stereocenters. The molecule has 0 saturated carbocycles. The SMILES string of the molecule is CCNC(=O)C(C)N(Cc1c(Cl)cccc1Cl)C(=O)CCCN1C(=O)c2ccccc2S1(=O)=O. The fourth-order valence-electron chi connectivity index (χ4n) is 3.73. The Labute approximate surface area is 208 Å². The molecular weight excluding hydrogens is 501 g/mol. The van der Waals surface area contributed by atoms with Crippen molar-refractivity contribution in [2.45, 2.75) is 44.2 Å². The molecule has 11 heteroatoms. The van der Waals surface area contributed by atoms with Crippen LogP contribution in [-0.2, 0) is 26.2 Å². The number of nitrogens with zero attached hydrogens (tertiary/aromatic N) is 2. The smallest absolute Gasteiger partial charge is 0.269 e. The molecule has 0 aliphatic carbocycles. The Bertz CT molecular complexity index is 1200. The Hall–Kier alpha value is -2.62. The Morgan fingerprint density at radius 2 is 1.74 bits per heavy atom. The molecule has 2 aromatic carbocycles. The second-order valence-electron chi connectivity index (χ2n) is 7.77. The average molecular weight is 526 g/mol. The van der Waals surface area contributed by atoms with E-state index < -0.39 is 27.9 Å². The number of likely N-dealkylation sites (N-methyl/N-ethyl adjacent to an activating group) is 1. The van der Waals surface area contributed by atoms with Crippen LogP contribution >= 0.6 is 23.2 Å². The van der Waals surface area contributed by atoms with Gasteiger partial charge in [0, 0.05) is 41.7 Å². The minimum atomic E-state index is -3.95. The monoisotopic (exact) mass is 525 g/mol. The van der Waals surface area contributed by atoms with Crippen LogP contribution in [-0.4, -0.2) is 54.5 Å². The van der Waals surface area contributed by atoms with Gasteiger partial charge in [0.25, 0.3) is 15.9 Å². The summed E-state index contributed by atoms with van der Waals surface area (Å²) in [5.74, 6) is -1.35. The highest BCUT2D eigenvalue weighted by atomic mass is 35.5. The second kappa shape index (κ2) is 10.8. The maximum Gasteiger partial charge on any atom is 0.269 e. The highest BCUT2D eigenvalue weighted by Crippen LogP contribution is 2.30. The molecule has 0 aromatic heterocycles. The molecule has 8 nitrogen and oxygen atoms in total. The third kappa shape index (κ3) is 5.21. The number of halogens is 2. The molecule has 3 amide bonds. The predicted octanol–water partition coefficient (Wildman–Crippen LogP) is 3.47. The molecule has 1 aliphatic rings. The zero-order chi connectivity index (χ0) is 25.0. The zero-order valence-corrected chi connectivity index (χ0v) is 21.1. The lowest BCUT2D eigenvalue weighted by molar-refractivity contribution is -0.140. The lowest BCUT2D eigenvalue weighted by Gasteiger charge is -2.29. The zero-order valence-electron chi connectivity index (χ0n) is 18.8. The van der Waals surface area contributed by atoms with Crippen LogP contribution in [0.5, 0.6) is 0 Å². The quantitative estimate of drug-likeness (QED) is 0.539. The molecule has 1 heterocycles. The van der Waals surface area contributed by atoms with E-state index in [4.69, 9.17) is 23.2 Å². The van der Waals surface area contributed by atoms with Gasteiger partial charge in [0.15, 0.2) is 0 Å². The van der Waals surface area contributed by atoms with Crippen molar-refractivity contribution in [3.63, 3.8) is 0 Å². The van der Waals surface area contributed by atoms with E-state index in [2.05, 4.69) is 5.32 Å². The number of hydrogen-bond donors (Lipinski definition) is 1. The standard InChI is InChI=1S/C23H25Cl2N3O5S/c1-3-26-22(30)15(2)27(14-17-18(24)9-6-10-19(17)25)21(29)12-7-13-28-23(31)16-8-4-5-11-20(16)34(28,32)33/h4-6,8-11,15H,3,7,12-14H2,1-2H3,(H,26,30). The molecule has 0 bridgehead atoms. The van der Waals surface area contributed by atoms with Crippen molar-refractivity contribution < 1.29 is 22.8 Å². The molecule has 0 spiro atoms. The van der Waals surface area contributed by atoms with E-state index in [1.165, 1.54) is 17.0 Å². The molecule has 1 unspecified atom stereocenters. The first-order valence-electron chi connectivity index (χ1n) is 10.8. The van der Waals surface area contributed by atoms with Crippen LogP contribution in [0, 0.1) is 0 Å². The molecule has 182 valence electrons. The summed E-state index contributed by atoms with van der Waals surface area (Å²) in [4.78, 5) is 39.5. The highest BCUT2D eigenvalue weighted by Gasteiger charge is 2.40. The van der Waals surface area contributed by atoms with Crippen LogP contribution in [0.3, 0.4) is 0 Å². The van der Waals surface area contributed by atoms with Gasteiger partial charge in [-0.25, -0.2) is 12.7 Å². The summed E-state index contributed by atoms with van der Waals surface area (Å²) in [5, 5.41) is 3.41. The van der Waals surface area contributed by atoms with Crippen molar-refractivity contribution in [1.82, 2.24) is 14.5 Å². The Morgan fingerprint density at radius 1 is 1.09 bits per heavy atom. The summed E-state index contributed by atoms with van der Waals surface area (Å²) in [6.07, 6.45) is 0.00806. The van der Waals surface area contributed by atoms with E-state index in [1.54, 1.807) is 44.2 Å². The van der Waals surface area contributed by atoms with E-state index in [1.807, 2.05) is 0 Å². The number of rotatable bonds is 9. The van der Waals surface area contributed by atoms with Gasteiger partial charge in [-0.3, -0.25) is 14.4 Å². The third-order valence-corrected chi connectivity index (χ3v) is 8.12. The van der Waals surface area contributed by atoms with Crippen LogP contribution in [0.15, 0.2) is 47.4 Å². The van der Waals surface area contributed by atoms with Crippen molar-refractivity contribution in [2.24, 2.45) is 0 Å². The lowest BCUT2D eigenvalue weighted by Crippen LogP contribution is -2.47. The van der Waals surface area contributed by atoms with E-state index >= 15 is 0 Å². The van der Waals surface area contributed by atoms with Gasteiger partial charge < -0.3 is 10.2 Å². The van der Waals surface area contributed by atoms with Crippen LogP contribution in [0.2, 0.25) is 10.0 Å². The van der Waals surface area contributed by atoms with Gasteiger partial charge in [-0.1, -0.05) is 41.4 Å². The van der Waals surface area contributed by atoms with Gasteiger partial charge in [-0.15, -0.1) is 0 Å². The summed E-state index contributed by atoms with van der Waals surface area (Å²) in [7, 11) is -3.95. The molecule has 1 aliphatic heterocycles. The van der Waals surface area contributed by atoms with Crippen molar-refractivity contribution in [1.29, 1.82) is 0 Å². The number of benzene rings is 2. The topological polar surface area (TPSA) is 104 Å². The summed E-state index contributed by atoms with van der Waals surface area (Å²) >= 11 is 12.5. The number of fused-ring (bicyclic) bond motifs is 1. The maximum atomic E-state index is 13.2. The van der Waals surface area contributed by atoms with Gasteiger partial charge in [-0.2, -0.15) is 0 Å². The highest BCUT2D eigenvalue weighted by molar-refractivity contribution is 7.90. The number of hydrogen-bond acceptors (Lipinski definition) is 5. The van der Waals surface area contributed by atoms with Crippen LogP contribution in [0.1, 0.15) is 42.6 Å². The van der Waals surface area contributed by atoms with Crippen molar-refractivity contribution >= 4 is 50.9 Å². The fraction of sp³-hybridized carbons (Fsp3) is 0.348. The number of carbonyl (C=O) groups excluding carboxylic acids is 3. The van der Waals surface area contributed by atoms with Crippen LogP contribution in [0.25, 0.3) is 0 Å². The number of amides is 3. The first kappa shape index (κ1) is 26.0. The normalized spacial score (nSPS) is 15.1. The number of sulfonamides is 1. The first-order valence-corrected chi connectivity index (χ1v) is 12.9. The molecule has 2 aromatic rings. The average Bonchev–Trinajstić information content (AvgIpc) is 2.99. The molecule has 1 N–H and O–H groups in total. The largest absolute Gasteiger partial charge is 0.355 e.